The van der Waals surface area contributed by atoms with Gasteiger partial charge in [0.25, 0.3) is 0 Å². The van der Waals surface area contributed by atoms with E-state index in [1.807, 2.05) is 25.1 Å². The molecule has 0 spiro atoms. The first-order valence-electron chi connectivity index (χ1n) is 6.45. The summed E-state index contributed by atoms with van der Waals surface area (Å²) in [6, 6.07) is 8.92. The summed E-state index contributed by atoms with van der Waals surface area (Å²) in [5.74, 6) is 0.548. The summed E-state index contributed by atoms with van der Waals surface area (Å²) in [5.41, 5.74) is 2.59. The quantitative estimate of drug-likeness (QED) is 0.912. The van der Waals surface area contributed by atoms with Crippen LogP contribution in [0.4, 0.5) is 0 Å². The van der Waals surface area contributed by atoms with Crippen LogP contribution < -0.4 is 4.74 Å². The van der Waals surface area contributed by atoms with Crippen LogP contribution >= 0.6 is 0 Å². The van der Waals surface area contributed by atoms with E-state index in [2.05, 4.69) is 18.8 Å². The summed E-state index contributed by atoms with van der Waals surface area (Å²) in [6.45, 7) is 6.34. The van der Waals surface area contributed by atoms with E-state index in [1.165, 1.54) is 23.4 Å². The van der Waals surface area contributed by atoms with E-state index < -0.39 is 5.97 Å². The number of aryl methyl sites for hydroxylation is 1. The molecule has 2 rings (SSSR count). The number of hydrogen-bond acceptors (Lipinski definition) is 3. The van der Waals surface area contributed by atoms with Crippen LogP contribution in [0.2, 0.25) is 0 Å². The second-order valence-corrected chi connectivity index (χ2v) is 4.97. The normalized spacial score (nSPS) is 10.6. The van der Waals surface area contributed by atoms with Gasteiger partial charge in [-0.3, -0.25) is 0 Å². The first-order chi connectivity index (χ1) is 9.47. The molecule has 1 aromatic carbocycles. The lowest BCUT2D eigenvalue weighted by atomic mass is 9.98. The maximum Gasteiger partial charge on any atom is 0.337 e. The third-order valence-electron chi connectivity index (χ3n) is 3.07. The van der Waals surface area contributed by atoms with Gasteiger partial charge in [0.1, 0.15) is 5.75 Å². The van der Waals surface area contributed by atoms with Gasteiger partial charge in [0, 0.05) is 12.3 Å². The molecule has 1 aromatic heterocycles. The first kappa shape index (κ1) is 14.1. The zero-order chi connectivity index (χ0) is 14.7. The molecule has 0 aliphatic heterocycles. The molecule has 0 radical (unpaired) electrons. The molecule has 4 nitrogen and oxygen atoms in total. The van der Waals surface area contributed by atoms with Crippen molar-refractivity contribution in [2.24, 2.45) is 0 Å². The predicted octanol–water partition coefficient (Wildman–Crippen LogP) is 4.00. The Hall–Kier alpha value is -2.36. The topological polar surface area (TPSA) is 59.4 Å². The Morgan fingerprint density at radius 2 is 2.00 bits per heavy atom. The Bertz CT molecular complexity index is 618. The number of ether oxygens (including phenoxy) is 1. The monoisotopic (exact) mass is 271 g/mol. The van der Waals surface area contributed by atoms with Crippen molar-refractivity contribution in [2.75, 3.05) is 0 Å². The summed E-state index contributed by atoms with van der Waals surface area (Å²) in [6.07, 6.45) is 1.28. The second-order valence-electron chi connectivity index (χ2n) is 4.97. The Morgan fingerprint density at radius 3 is 2.50 bits per heavy atom. The molecule has 0 saturated carbocycles. The van der Waals surface area contributed by atoms with Crippen molar-refractivity contribution in [2.45, 2.75) is 26.7 Å². The van der Waals surface area contributed by atoms with Crippen molar-refractivity contribution < 1.29 is 14.6 Å². The molecule has 0 aliphatic carbocycles. The van der Waals surface area contributed by atoms with Gasteiger partial charge in [0.15, 0.2) is 0 Å². The highest BCUT2D eigenvalue weighted by atomic mass is 16.5. The fraction of sp³-hybridized carbons (Fsp3) is 0.250. The molecular weight excluding hydrogens is 254 g/mol. The minimum Gasteiger partial charge on any atom is -0.478 e. The smallest absolute Gasteiger partial charge is 0.337 e. The molecule has 2 aromatic rings. The van der Waals surface area contributed by atoms with Crippen LogP contribution in [0.15, 0.2) is 36.5 Å². The van der Waals surface area contributed by atoms with Crippen molar-refractivity contribution in [3.05, 3.63) is 53.2 Å². The van der Waals surface area contributed by atoms with E-state index in [-0.39, 0.29) is 5.56 Å². The van der Waals surface area contributed by atoms with Crippen molar-refractivity contribution in [1.82, 2.24) is 4.98 Å². The number of hydrogen-bond donors (Lipinski definition) is 1. The summed E-state index contributed by atoms with van der Waals surface area (Å²) in [7, 11) is 0. The van der Waals surface area contributed by atoms with Gasteiger partial charge in [-0.05, 0) is 42.2 Å². The number of benzene rings is 1. The number of rotatable bonds is 4. The number of aromatic nitrogens is 1. The highest BCUT2D eigenvalue weighted by Gasteiger charge is 2.07. The predicted molar refractivity (Wildman–Crippen MR) is 76.5 cm³/mol. The van der Waals surface area contributed by atoms with Gasteiger partial charge in [0.05, 0.1) is 5.56 Å². The maximum atomic E-state index is 10.7. The van der Waals surface area contributed by atoms with Gasteiger partial charge < -0.3 is 9.84 Å². The van der Waals surface area contributed by atoms with E-state index in [9.17, 15) is 4.79 Å². The van der Waals surface area contributed by atoms with Gasteiger partial charge >= 0.3 is 5.97 Å². The average molecular weight is 271 g/mol. The van der Waals surface area contributed by atoms with Gasteiger partial charge in [-0.15, -0.1) is 0 Å². The standard InChI is InChI=1S/C16H17NO3/c1-10(2)14-6-5-13(8-11(14)3)20-15-7-4-12(9-17-15)16(18)19/h4-10H,1-3H3,(H,18,19). The maximum absolute atomic E-state index is 10.7. The lowest BCUT2D eigenvalue weighted by molar-refractivity contribution is 0.0696. The SMILES string of the molecule is Cc1cc(Oc2ccc(C(=O)O)cn2)ccc1C(C)C. The second kappa shape index (κ2) is 5.74. The van der Waals surface area contributed by atoms with Gasteiger partial charge in [-0.1, -0.05) is 19.9 Å². The molecule has 0 amide bonds. The van der Waals surface area contributed by atoms with Crippen LogP contribution in [0.25, 0.3) is 0 Å². The number of nitrogens with zero attached hydrogens (tertiary/aromatic N) is 1. The van der Waals surface area contributed by atoms with Crippen LogP contribution in [0.3, 0.4) is 0 Å². The van der Waals surface area contributed by atoms with E-state index in [4.69, 9.17) is 9.84 Å². The lowest BCUT2D eigenvalue weighted by Gasteiger charge is -2.11. The van der Waals surface area contributed by atoms with Crippen molar-refractivity contribution in [1.29, 1.82) is 0 Å². The zero-order valence-electron chi connectivity index (χ0n) is 11.8. The molecule has 20 heavy (non-hydrogen) atoms. The zero-order valence-corrected chi connectivity index (χ0v) is 11.8. The molecule has 0 atom stereocenters. The highest BCUT2D eigenvalue weighted by Crippen LogP contribution is 2.26. The molecule has 4 heteroatoms. The fourth-order valence-electron chi connectivity index (χ4n) is 2.05. The molecule has 1 heterocycles. The Morgan fingerprint density at radius 1 is 1.25 bits per heavy atom. The van der Waals surface area contributed by atoms with Crippen LogP contribution in [0.1, 0.15) is 41.3 Å². The summed E-state index contributed by atoms with van der Waals surface area (Å²) in [5, 5.41) is 8.80. The first-order valence-corrected chi connectivity index (χ1v) is 6.45. The lowest BCUT2D eigenvalue weighted by Crippen LogP contribution is -1.98. The number of aromatic carboxylic acids is 1. The van der Waals surface area contributed by atoms with E-state index in [0.717, 1.165) is 0 Å². The molecule has 1 N–H and O–H groups in total. The third kappa shape index (κ3) is 3.15. The van der Waals surface area contributed by atoms with Gasteiger partial charge in [-0.25, -0.2) is 9.78 Å². The van der Waals surface area contributed by atoms with E-state index in [1.54, 1.807) is 6.07 Å². The molecule has 104 valence electrons. The molecule has 0 unspecified atom stereocenters. The van der Waals surface area contributed by atoms with Crippen LogP contribution in [0, 0.1) is 6.92 Å². The van der Waals surface area contributed by atoms with Crippen LogP contribution in [0.5, 0.6) is 11.6 Å². The van der Waals surface area contributed by atoms with E-state index >= 15 is 0 Å². The molecule has 0 bridgehead atoms. The fourth-order valence-corrected chi connectivity index (χ4v) is 2.05. The average Bonchev–Trinajstić information content (AvgIpc) is 2.39. The molecular formula is C16H17NO3. The number of carboxylic acids is 1. The largest absolute Gasteiger partial charge is 0.478 e. The molecule has 0 fully saturated rings. The minimum atomic E-state index is -0.999. The van der Waals surface area contributed by atoms with E-state index in [0.29, 0.717) is 17.5 Å². The highest BCUT2D eigenvalue weighted by molar-refractivity contribution is 5.87. The van der Waals surface area contributed by atoms with Crippen molar-refractivity contribution in [3.63, 3.8) is 0 Å². The minimum absolute atomic E-state index is 0.142. The number of pyridine rings is 1. The number of carboxylic acid groups (broad SMARTS) is 1. The van der Waals surface area contributed by atoms with Crippen molar-refractivity contribution in [3.8, 4) is 11.6 Å². The Kier molecular flexibility index (Phi) is 4.03. The van der Waals surface area contributed by atoms with Gasteiger partial charge in [-0.2, -0.15) is 0 Å². The summed E-state index contributed by atoms with van der Waals surface area (Å²) < 4.78 is 5.62. The van der Waals surface area contributed by atoms with Crippen LogP contribution in [-0.2, 0) is 0 Å². The summed E-state index contributed by atoms with van der Waals surface area (Å²) in [4.78, 5) is 14.7. The Balaban J connectivity index is 2.17. The van der Waals surface area contributed by atoms with Crippen molar-refractivity contribution >= 4 is 5.97 Å². The van der Waals surface area contributed by atoms with Gasteiger partial charge in [0.2, 0.25) is 5.88 Å². The summed E-state index contributed by atoms with van der Waals surface area (Å²) >= 11 is 0. The number of carbonyl (C=O) groups is 1. The third-order valence-corrected chi connectivity index (χ3v) is 3.07. The van der Waals surface area contributed by atoms with Crippen LogP contribution in [-0.4, -0.2) is 16.1 Å². The Labute approximate surface area is 118 Å². The molecule has 0 saturated heterocycles. The molecule has 0 aliphatic rings.